The molecule has 0 bridgehead atoms. The minimum Gasteiger partial charge on any atom is -0.497 e. The average Bonchev–Trinajstić information content (AvgIpc) is 2.69. The van der Waals surface area contributed by atoms with E-state index in [0.717, 1.165) is 37.9 Å². The Morgan fingerprint density at radius 1 is 1.11 bits per heavy atom. The number of nitrogens with zero attached hydrogens (tertiary/aromatic N) is 1. The first-order valence-corrected chi connectivity index (χ1v) is 10.1. The summed E-state index contributed by atoms with van der Waals surface area (Å²) in [5.41, 5.74) is 1.90. The van der Waals surface area contributed by atoms with Crippen LogP contribution in [-0.4, -0.2) is 36.8 Å². The van der Waals surface area contributed by atoms with Crippen LogP contribution in [0.2, 0.25) is 0 Å². The molecule has 146 valence electrons. The molecule has 0 aromatic heterocycles. The van der Waals surface area contributed by atoms with E-state index in [1.165, 1.54) is 17.5 Å². The van der Waals surface area contributed by atoms with E-state index in [2.05, 4.69) is 61.5 Å². The van der Waals surface area contributed by atoms with Crippen molar-refractivity contribution in [1.29, 1.82) is 0 Å². The van der Waals surface area contributed by atoms with Gasteiger partial charge in [-0.25, -0.2) is 0 Å². The van der Waals surface area contributed by atoms with Crippen LogP contribution in [0.25, 0.3) is 0 Å². The number of aliphatic hydroxyl groups is 1. The number of methoxy groups -OCH3 is 1. The molecule has 3 rings (SSSR count). The van der Waals surface area contributed by atoms with Gasteiger partial charge in [-0.05, 0) is 63.0 Å². The zero-order valence-corrected chi connectivity index (χ0v) is 16.9. The van der Waals surface area contributed by atoms with Crippen LogP contribution in [0.4, 0.5) is 0 Å². The minimum absolute atomic E-state index is 0.182. The summed E-state index contributed by atoms with van der Waals surface area (Å²) in [6, 6.07) is 19.0. The standard InChI is InChI=1S/C24H33NO2/c1-25(2)23(20-12-9-13-21(18-20)27-3)22-14-7-8-16-24(22,26)17-15-19-10-5-4-6-11-19/h4-6,9-13,18,22-23,26H,7-8,14-17H2,1-3H3. The Labute approximate surface area is 164 Å². The Hall–Kier alpha value is -1.84. The fourth-order valence-electron chi connectivity index (χ4n) is 4.73. The SMILES string of the molecule is COc1cccc(C(C2CCCCC2(O)CCc2ccccc2)N(C)C)c1. The lowest BCUT2D eigenvalue weighted by Gasteiger charge is -2.46. The van der Waals surface area contributed by atoms with Crippen molar-refractivity contribution in [2.75, 3.05) is 21.2 Å². The summed E-state index contributed by atoms with van der Waals surface area (Å²) in [5, 5.41) is 11.7. The lowest BCUT2D eigenvalue weighted by atomic mass is 9.67. The Morgan fingerprint density at radius 2 is 1.89 bits per heavy atom. The first-order chi connectivity index (χ1) is 13.0. The maximum absolute atomic E-state index is 11.7. The molecule has 27 heavy (non-hydrogen) atoms. The van der Waals surface area contributed by atoms with Crippen LogP contribution >= 0.6 is 0 Å². The third-order valence-electron chi connectivity index (χ3n) is 6.13. The van der Waals surface area contributed by atoms with Gasteiger partial charge in [-0.15, -0.1) is 0 Å². The summed E-state index contributed by atoms with van der Waals surface area (Å²) in [6.45, 7) is 0. The molecule has 0 aliphatic heterocycles. The number of hydrogen-bond donors (Lipinski definition) is 1. The average molecular weight is 368 g/mol. The molecule has 3 unspecified atom stereocenters. The van der Waals surface area contributed by atoms with Crippen molar-refractivity contribution < 1.29 is 9.84 Å². The number of aryl methyl sites for hydroxylation is 1. The van der Waals surface area contributed by atoms with E-state index in [1.54, 1.807) is 7.11 Å². The first-order valence-electron chi connectivity index (χ1n) is 10.1. The van der Waals surface area contributed by atoms with Crippen molar-refractivity contribution in [3.63, 3.8) is 0 Å². The predicted molar refractivity (Wildman–Crippen MR) is 111 cm³/mol. The largest absolute Gasteiger partial charge is 0.497 e. The summed E-state index contributed by atoms with van der Waals surface area (Å²) in [4.78, 5) is 2.26. The second kappa shape index (κ2) is 8.90. The molecule has 2 aromatic carbocycles. The van der Waals surface area contributed by atoms with Crippen LogP contribution in [-0.2, 0) is 6.42 Å². The van der Waals surface area contributed by atoms with Crippen LogP contribution < -0.4 is 4.74 Å². The van der Waals surface area contributed by atoms with Gasteiger partial charge in [-0.1, -0.05) is 55.3 Å². The topological polar surface area (TPSA) is 32.7 Å². The van der Waals surface area contributed by atoms with E-state index in [9.17, 15) is 5.11 Å². The van der Waals surface area contributed by atoms with Gasteiger partial charge in [0, 0.05) is 12.0 Å². The van der Waals surface area contributed by atoms with Crippen LogP contribution in [0.5, 0.6) is 5.75 Å². The molecule has 0 spiro atoms. The fraction of sp³-hybridized carbons (Fsp3) is 0.500. The van der Waals surface area contributed by atoms with E-state index >= 15 is 0 Å². The van der Waals surface area contributed by atoms with Gasteiger partial charge in [0.05, 0.1) is 12.7 Å². The lowest BCUT2D eigenvalue weighted by molar-refractivity contribution is -0.0829. The summed E-state index contributed by atoms with van der Waals surface area (Å²) in [7, 11) is 5.95. The van der Waals surface area contributed by atoms with Crippen molar-refractivity contribution in [1.82, 2.24) is 4.90 Å². The van der Waals surface area contributed by atoms with Gasteiger partial charge in [0.2, 0.25) is 0 Å². The van der Waals surface area contributed by atoms with E-state index in [4.69, 9.17) is 4.74 Å². The third-order valence-corrected chi connectivity index (χ3v) is 6.13. The molecule has 1 saturated carbocycles. The zero-order valence-electron chi connectivity index (χ0n) is 16.9. The van der Waals surface area contributed by atoms with Crippen molar-refractivity contribution in [2.24, 2.45) is 5.92 Å². The molecule has 3 atom stereocenters. The van der Waals surface area contributed by atoms with E-state index < -0.39 is 5.60 Å². The normalized spacial score (nSPS) is 24.0. The first kappa shape index (κ1) is 19.9. The van der Waals surface area contributed by atoms with Crippen LogP contribution in [0.1, 0.15) is 49.3 Å². The van der Waals surface area contributed by atoms with Gasteiger partial charge in [-0.2, -0.15) is 0 Å². The Balaban J connectivity index is 1.86. The van der Waals surface area contributed by atoms with Gasteiger partial charge < -0.3 is 14.7 Å². The highest BCUT2D eigenvalue weighted by molar-refractivity contribution is 5.31. The monoisotopic (exact) mass is 367 g/mol. The Kier molecular flexibility index (Phi) is 6.56. The summed E-state index contributed by atoms with van der Waals surface area (Å²) in [5.74, 6) is 1.10. The van der Waals surface area contributed by atoms with Gasteiger partial charge in [-0.3, -0.25) is 0 Å². The zero-order chi connectivity index (χ0) is 19.3. The molecule has 3 nitrogen and oxygen atoms in total. The maximum atomic E-state index is 11.7. The molecule has 1 fully saturated rings. The molecule has 3 heteroatoms. The van der Waals surface area contributed by atoms with E-state index in [1.807, 2.05) is 12.1 Å². The van der Waals surface area contributed by atoms with Gasteiger partial charge >= 0.3 is 0 Å². The predicted octanol–water partition coefficient (Wildman–Crippen LogP) is 4.85. The number of benzene rings is 2. The quantitative estimate of drug-likeness (QED) is 0.759. The highest BCUT2D eigenvalue weighted by atomic mass is 16.5. The summed E-state index contributed by atoms with van der Waals surface area (Å²) in [6.07, 6.45) is 5.99. The molecule has 1 N–H and O–H groups in total. The lowest BCUT2D eigenvalue weighted by Crippen LogP contribution is -2.47. The molecule has 0 saturated heterocycles. The van der Waals surface area contributed by atoms with E-state index in [-0.39, 0.29) is 12.0 Å². The van der Waals surface area contributed by atoms with E-state index in [0.29, 0.717) is 0 Å². The van der Waals surface area contributed by atoms with Gasteiger partial charge in [0.15, 0.2) is 0 Å². The third kappa shape index (κ3) is 4.72. The summed E-state index contributed by atoms with van der Waals surface area (Å²) < 4.78 is 5.45. The molecular formula is C24H33NO2. The van der Waals surface area contributed by atoms with Crippen molar-refractivity contribution in [3.8, 4) is 5.75 Å². The molecular weight excluding hydrogens is 334 g/mol. The van der Waals surface area contributed by atoms with Gasteiger partial charge in [0.1, 0.15) is 5.75 Å². The number of ether oxygens (including phenoxy) is 1. The highest BCUT2D eigenvalue weighted by Gasteiger charge is 2.44. The fourth-order valence-corrected chi connectivity index (χ4v) is 4.73. The molecule has 2 aromatic rings. The second-order valence-corrected chi connectivity index (χ2v) is 8.13. The second-order valence-electron chi connectivity index (χ2n) is 8.13. The highest BCUT2D eigenvalue weighted by Crippen LogP contribution is 2.46. The van der Waals surface area contributed by atoms with Crippen LogP contribution in [0.3, 0.4) is 0 Å². The maximum Gasteiger partial charge on any atom is 0.119 e. The van der Waals surface area contributed by atoms with Crippen molar-refractivity contribution >= 4 is 0 Å². The van der Waals surface area contributed by atoms with Gasteiger partial charge in [0.25, 0.3) is 0 Å². The Bertz CT molecular complexity index is 715. The Morgan fingerprint density at radius 3 is 2.59 bits per heavy atom. The smallest absolute Gasteiger partial charge is 0.119 e. The minimum atomic E-state index is -0.633. The van der Waals surface area contributed by atoms with Crippen LogP contribution in [0.15, 0.2) is 54.6 Å². The molecule has 0 radical (unpaired) electrons. The van der Waals surface area contributed by atoms with Crippen LogP contribution in [0, 0.1) is 5.92 Å². The summed E-state index contributed by atoms with van der Waals surface area (Å²) >= 11 is 0. The number of rotatable bonds is 7. The van der Waals surface area contributed by atoms with Crippen molar-refractivity contribution in [2.45, 2.75) is 50.2 Å². The molecule has 0 heterocycles. The molecule has 0 amide bonds. The molecule has 1 aliphatic rings. The number of hydrogen-bond acceptors (Lipinski definition) is 3. The molecule has 1 aliphatic carbocycles. The van der Waals surface area contributed by atoms with Crippen molar-refractivity contribution in [3.05, 3.63) is 65.7 Å².